The number of carbonyl (C=O) groups excluding carboxylic acids is 2. The van der Waals surface area contributed by atoms with Crippen LogP contribution >= 0.6 is 27.7 Å². The lowest BCUT2D eigenvalue weighted by Gasteiger charge is -2.09. The molecule has 1 aromatic heterocycles. The maximum atomic E-state index is 12.4. The summed E-state index contributed by atoms with van der Waals surface area (Å²) in [6.07, 6.45) is 0.955. The van der Waals surface area contributed by atoms with Gasteiger partial charge < -0.3 is 9.88 Å². The van der Waals surface area contributed by atoms with Crippen LogP contribution in [0.25, 0.3) is 0 Å². The largest absolute Gasteiger partial charge is 0.325 e. The molecule has 0 fully saturated rings. The lowest BCUT2D eigenvalue weighted by atomic mass is 10.1. The first-order valence-electron chi connectivity index (χ1n) is 9.15. The Hall–Kier alpha value is -2.45. The Kier molecular flexibility index (Phi) is 7.22. The van der Waals surface area contributed by atoms with Crippen molar-refractivity contribution in [3.63, 3.8) is 0 Å². The summed E-state index contributed by atoms with van der Waals surface area (Å²) in [7, 11) is 1.80. The molecule has 0 bridgehead atoms. The summed E-state index contributed by atoms with van der Waals surface area (Å²) in [4.78, 5) is 24.8. The van der Waals surface area contributed by atoms with Gasteiger partial charge in [-0.15, -0.1) is 10.2 Å². The van der Waals surface area contributed by atoms with Crippen molar-refractivity contribution in [3.05, 3.63) is 70.0 Å². The Balaban J connectivity index is 1.59. The van der Waals surface area contributed by atoms with E-state index in [4.69, 9.17) is 0 Å². The number of hydrogen-bond donors (Lipinski definition) is 1. The van der Waals surface area contributed by atoms with Crippen molar-refractivity contribution in [3.8, 4) is 0 Å². The number of hydrogen-bond acceptors (Lipinski definition) is 5. The van der Waals surface area contributed by atoms with Gasteiger partial charge in [-0.2, -0.15) is 0 Å². The molecule has 0 saturated carbocycles. The molecule has 0 radical (unpaired) electrons. The highest BCUT2D eigenvalue weighted by Crippen LogP contribution is 2.20. The monoisotopic (exact) mass is 472 g/mol. The van der Waals surface area contributed by atoms with Crippen molar-refractivity contribution in [1.82, 2.24) is 14.8 Å². The van der Waals surface area contributed by atoms with Gasteiger partial charge in [-0.3, -0.25) is 9.59 Å². The van der Waals surface area contributed by atoms with Crippen molar-refractivity contribution in [1.29, 1.82) is 0 Å². The molecular weight excluding hydrogens is 452 g/mol. The van der Waals surface area contributed by atoms with Gasteiger partial charge in [0.05, 0.1) is 12.2 Å². The summed E-state index contributed by atoms with van der Waals surface area (Å²) < 4.78 is 2.68. The zero-order chi connectivity index (χ0) is 20.8. The number of aryl methyl sites for hydroxylation is 1. The van der Waals surface area contributed by atoms with Crippen molar-refractivity contribution < 1.29 is 9.59 Å². The van der Waals surface area contributed by atoms with Gasteiger partial charge in [-0.1, -0.05) is 64.9 Å². The number of benzene rings is 2. The summed E-state index contributed by atoms with van der Waals surface area (Å²) in [5, 5.41) is 11.8. The third kappa shape index (κ3) is 5.55. The van der Waals surface area contributed by atoms with Crippen molar-refractivity contribution in [2.24, 2.45) is 7.05 Å². The zero-order valence-electron chi connectivity index (χ0n) is 16.2. The van der Waals surface area contributed by atoms with E-state index in [9.17, 15) is 9.59 Å². The fourth-order valence-electron chi connectivity index (χ4n) is 2.76. The maximum absolute atomic E-state index is 12.4. The lowest BCUT2D eigenvalue weighted by molar-refractivity contribution is -0.115. The van der Waals surface area contributed by atoms with Gasteiger partial charge in [0.1, 0.15) is 5.82 Å². The van der Waals surface area contributed by atoms with Gasteiger partial charge in [-0.25, -0.2) is 0 Å². The van der Waals surface area contributed by atoms with E-state index in [1.54, 1.807) is 23.7 Å². The van der Waals surface area contributed by atoms with E-state index in [-0.39, 0.29) is 23.9 Å². The maximum Gasteiger partial charge on any atom is 0.232 e. The minimum atomic E-state index is -0.149. The SMILES string of the molecule is CCc1ccccc1NC(=O)Cc1nnc(SCC(=O)c2ccc(Br)cc2)n1C. The number of aromatic nitrogens is 3. The first-order valence-corrected chi connectivity index (χ1v) is 10.9. The van der Waals surface area contributed by atoms with E-state index < -0.39 is 0 Å². The van der Waals surface area contributed by atoms with Crippen LogP contribution < -0.4 is 5.32 Å². The van der Waals surface area contributed by atoms with E-state index in [2.05, 4.69) is 31.4 Å². The molecule has 0 atom stereocenters. The van der Waals surface area contributed by atoms with Crippen LogP contribution in [0.1, 0.15) is 28.7 Å². The molecule has 1 heterocycles. The molecule has 0 aliphatic rings. The number of anilines is 1. The van der Waals surface area contributed by atoms with E-state index in [1.807, 2.05) is 43.3 Å². The fraction of sp³-hybridized carbons (Fsp3) is 0.238. The molecule has 2 aromatic carbocycles. The van der Waals surface area contributed by atoms with Crippen LogP contribution in [0.2, 0.25) is 0 Å². The summed E-state index contributed by atoms with van der Waals surface area (Å²) in [6.45, 7) is 2.05. The number of rotatable bonds is 8. The number of halogens is 1. The molecule has 1 N–H and O–H groups in total. The molecule has 0 aliphatic carbocycles. The van der Waals surface area contributed by atoms with Crippen LogP contribution in [0.3, 0.4) is 0 Å². The van der Waals surface area contributed by atoms with E-state index >= 15 is 0 Å². The fourth-order valence-corrected chi connectivity index (χ4v) is 3.85. The Morgan fingerprint density at radius 1 is 1.10 bits per heavy atom. The average molecular weight is 473 g/mol. The summed E-state index contributed by atoms with van der Waals surface area (Å²) in [5.74, 6) is 0.670. The molecular formula is C21H21BrN4O2S. The molecule has 0 saturated heterocycles. The standard InChI is InChI=1S/C21H21BrN4O2S/c1-3-14-6-4-5-7-17(14)23-20(28)12-19-24-25-21(26(19)2)29-13-18(27)15-8-10-16(22)11-9-15/h4-11H,3,12-13H2,1-2H3,(H,23,28). The minimum absolute atomic E-state index is 0.0148. The van der Waals surface area contributed by atoms with Crippen LogP contribution in [0, 0.1) is 0 Å². The quantitative estimate of drug-likeness (QED) is 0.390. The third-order valence-electron chi connectivity index (χ3n) is 4.41. The molecule has 0 aliphatic heterocycles. The number of amides is 1. The highest BCUT2D eigenvalue weighted by molar-refractivity contribution is 9.10. The Morgan fingerprint density at radius 3 is 2.55 bits per heavy atom. The number of carbonyl (C=O) groups is 2. The first-order chi connectivity index (χ1) is 14.0. The van der Waals surface area contributed by atoms with Gasteiger partial charge in [-0.05, 0) is 30.2 Å². The Morgan fingerprint density at radius 2 is 1.83 bits per heavy atom. The van der Waals surface area contributed by atoms with Gasteiger partial charge in [0.25, 0.3) is 0 Å². The molecule has 8 heteroatoms. The minimum Gasteiger partial charge on any atom is -0.325 e. The van der Waals surface area contributed by atoms with Crippen molar-refractivity contribution >= 4 is 45.1 Å². The normalized spacial score (nSPS) is 10.7. The third-order valence-corrected chi connectivity index (χ3v) is 5.96. The van der Waals surface area contributed by atoms with Crippen molar-refractivity contribution in [2.75, 3.05) is 11.1 Å². The molecule has 0 unspecified atom stereocenters. The van der Waals surface area contributed by atoms with Crippen LogP contribution in [-0.4, -0.2) is 32.2 Å². The average Bonchev–Trinajstić information content (AvgIpc) is 3.06. The summed E-state index contributed by atoms with van der Waals surface area (Å²) in [5.41, 5.74) is 2.55. The highest BCUT2D eigenvalue weighted by Gasteiger charge is 2.15. The topological polar surface area (TPSA) is 76.9 Å². The van der Waals surface area contributed by atoms with E-state index in [0.717, 1.165) is 22.1 Å². The molecule has 1 amide bonds. The lowest BCUT2D eigenvalue weighted by Crippen LogP contribution is -2.18. The highest BCUT2D eigenvalue weighted by atomic mass is 79.9. The molecule has 6 nitrogen and oxygen atoms in total. The number of thioether (sulfide) groups is 1. The van der Waals surface area contributed by atoms with E-state index in [1.165, 1.54) is 11.8 Å². The molecule has 0 spiro atoms. The Bertz CT molecular complexity index is 1020. The number of Topliss-reactive ketones (excluding diaryl/α,β-unsaturated/α-hetero) is 1. The van der Waals surface area contributed by atoms with Gasteiger partial charge >= 0.3 is 0 Å². The van der Waals surface area contributed by atoms with Gasteiger partial charge in [0.15, 0.2) is 10.9 Å². The second-order valence-corrected chi connectivity index (χ2v) is 8.27. The molecule has 3 rings (SSSR count). The molecule has 29 heavy (non-hydrogen) atoms. The number of ketones is 1. The number of nitrogens with zero attached hydrogens (tertiary/aromatic N) is 3. The number of para-hydroxylation sites is 1. The summed E-state index contributed by atoms with van der Waals surface area (Å²) >= 11 is 4.67. The Labute approximate surface area is 182 Å². The molecule has 3 aromatic rings. The second-order valence-electron chi connectivity index (χ2n) is 6.41. The smallest absolute Gasteiger partial charge is 0.232 e. The summed E-state index contributed by atoms with van der Waals surface area (Å²) in [6, 6.07) is 15.0. The molecule has 150 valence electrons. The van der Waals surface area contributed by atoms with Crippen LogP contribution in [0.4, 0.5) is 5.69 Å². The zero-order valence-corrected chi connectivity index (χ0v) is 18.6. The van der Waals surface area contributed by atoms with Crippen LogP contribution in [0.5, 0.6) is 0 Å². The first kappa shape index (κ1) is 21.3. The second kappa shape index (κ2) is 9.84. The van der Waals surface area contributed by atoms with Crippen molar-refractivity contribution in [2.45, 2.75) is 24.9 Å². The van der Waals surface area contributed by atoms with Gasteiger partial charge in [0.2, 0.25) is 5.91 Å². The van der Waals surface area contributed by atoms with Crippen LogP contribution in [-0.2, 0) is 24.7 Å². The predicted octanol–water partition coefficient (Wildman–Crippen LogP) is 4.30. The van der Waals surface area contributed by atoms with E-state index in [0.29, 0.717) is 16.5 Å². The number of nitrogens with one attached hydrogen (secondary N) is 1. The van der Waals surface area contributed by atoms with Gasteiger partial charge in [0, 0.05) is 22.8 Å². The van der Waals surface area contributed by atoms with Crippen LogP contribution in [0.15, 0.2) is 58.2 Å². The predicted molar refractivity (Wildman–Crippen MR) is 118 cm³/mol.